The molecule has 2 aromatic rings. The van der Waals surface area contributed by atoms with Crippen LogP contribution in [0.5, 0.6) is 0 Å². The summed E-state index contributed by atoms with van der Waals surface area (Å²) in [6.07, 6.45) is 1.23. The third kappa shape index (κ3) is 1.84. The van der Waals surface area contributed by atoms with E-state index >= 15 is 0 Å². The molecule has 0 saturated heterocycles. The summed E-state index contributed by atoms with van der Waals surface area (Å²) in [6, 6.07) is 1.33. The van der Waals surface area contributed by atoms with Crippen LogP contribution in [0.2, 0.25) is 10.2 Å². The van der Waals surface area contributed by atoms with Crippen molar-refractivity contribution in [2.24, 2.45) is 0 Å². The van der Waals surface area contributed by atoms with Gasteiger partial charge in [-0.3, -0.25) is 4.57 Å². The normalized spacial score (nSPS) is 11.6. The molecule has 0 radical (unpaired) electrons. The van der Waals surface area contributed by atoms with Gasteiger partial charge >= 0.3 is 6.55 Å². The first-order valence-electron chi connectivity index (χ1n) is 3.81. The second-order valence-corrected chi connectivity index (χ2v) is 4.43. The SMILES string of the molecule is FC(F)n1cc(Br)c2nc(Cl)cc(Cl)c21. The van der Waals surface area contributed by atoms with Crippen LogP contribution < -0.4 is 0 Å². The summed E-state index contributed by atoms with van der Waals surface area (Å²) in [5, 5.41) is 0.316. The Morgan fingerprint density at radius 2 is 2.07 bits per heavy atom. The van der Waals surface area contributed by atoms with E-state index in [4.69, 9.17) is 23.2 Å². The van der Waals surface area contributed by atoms with E-state index < -0.39 is 6.55 Å². The summed E-state index contributed by atoms with van der Waals surface area (Å²) < 4.78 is 26.4. The lowest BCUT2D eigenvalue weighted by atomic mass is 10.4. The van der Waals surface area contributed by atoms with Gasteiger partial charge < -0.3 is 0 Å². The molecule has 80 valence electrons. The molecule has 0 N–H and O–H groups in total. The highest BCUT2D eigenvalue weighted by molar-refractivity contribution is 9.10. The van der Waals surface area contributed by atoms with Gasteiger partial charge in [0, 0.05) is 6.20 Å². The molecule has 0 amide bonds. The van der Waals surface area contributed by atoms with Crippen LogP contribution in [0.15, 0.2) is 16.7 Å². The summed E-state index contributed by atoms with van der Waals surface area (Å²) >= 11 is 14.6. The Morgan fingerprint density at radius 3 is 2.67 bits per heavy atom. The van der Waals surface area contributed by atoms with Crippen LogP contribution in [0.25, 0.3) is 11.0 Å². The van der Waals surface area contributed by atoms with E-state index in [-0.39, 0.29) is 15.7 Å². The van der Waals surface area contributed by atoms with Gasteiger partial charge in [0.2, 0.25) is 0 Å². The fraction of sp³-hybridized carbons (Fsp3) is 0.125. The van der Waals surface area contributed by atoms with Crippen molar-refractivity contribution >= 4 is 50.2 Å². The lowest BCUT2D eigenvalue weighted by Crippen LogP contribution is -1.96. The summed E-state index contributed by atoms with van der Waals surface area (Å²) in [4.78, 5) is 3.92. The predicted octanol–water partition coefficient (Wildman–Crippen LogP) is 4.50. The molecule has 2 nitrogen and oxygen atoms in total. The summed E-state index contributed by atoms with van der Waals surface area (Å²) in [5.41, 5.74) is 0.496. The topological polar surface area (TPSA) is 17.8 Å². The number of alkyl halides is 2. The number of fused-ring (bicyclic) bond motifs is 1. The van der Waals surface area contributed by atoms with Crippen molar-refractivity contribution in [3.8, 4) is 0 Å². The first kappa shape index (κ1) is 11.1. The van der Waals surface area contributed by atoms with Crippen LogP contribution in [0.1, 0.15) is 6.55 Å². The Labute approximate surface area is 102 Å². The van der Waals surface area contributed by atoms with Crippen LogP contribution in [-0.4, -0.2) is 9.55 Å². The van der Waals surface area contributed by atoms with Gasteiger partial charge in [0.15, 0.2) is 0 Å². The maximum absolute atomic E-state index is 12.6. The van der Waals surface area contributed by atoms with Crippen LogP contribution in [-0.2, 0) is 0 Å². The highest BCUT2D eigenvalue weighted by atomic mass is 79.9. The van der Waals surface area contributed by atoms with Gasteiger partial charge in [-0.1, -0.05) is 23.2 Å². The summed E-state index contributed by atoms with van der Waals surface area (Å²) in [7, 11) is 0. The van der Waals surface area contributed by atoms with Crippen molar-refractivity contribution in [2.45, 2.75) is 6.55 Å². The fourth-order valence-corrected chi connectivity index (χ4v) is 2.33. The molecule has 0 saturated carbocycles. The van der Waals surface area contributed by atoms with E-state index in [0.717, 1.165) is 4.57 Å². The van der Waals surface area contributed by atoms with Crippen molar-refractivity contribution < 1.29 is 8.78 Å². The lowest BCUT2D eigenvalue weighted by Gasteiger charge is -2.03. The molecule has 0 spiro atoms. The number of nitrogens with zero attached hydrogens (tertiary/aromatic N) is 2. The van der Waals surface area contributed by atoms with Crippen LogP contribution in [0.4, 0.5) is 8.78 Å². The number of halogens is 5. The van der Waals surface area contributed by atoms with Crippen LogP contribution in [0.3, 0.4) is 0 Å². The summed E-state index contributed by atoms with van der Waals surface area (Å²) in [5.74, 6) is 0. The standard InChI is InChI=1S/C8H3BrCl2F2N2/c9-3-2-15(8(12)13)7-4(10)1-5(11)14-6(3)7/h1-2,8H. The third-order valence-electron chi connectivity index (χ3n) is 1.86. The molecular formula is C8H3BrCl2F2N2. The monoisotopic (exact) mass is 314 g/mol. The van der Waals surface area contributed by atoms with Crippen LogP contribution >= 0.6 is 39.1 Å². The predicted molar refractivity (Wildman–Crippen MR) is 58.7 cm³/mol. The number of pyridine rings is 1. The van der Waals surface area contributed by atoms with Crippen LogP contribution in [0, 0.1) is 0 Å². The molecule has 0 bridgehead atoms. The van der Waals surface area contributed by atoms with Gasteiger partial charge in [-0.25, -0.2) is 4.98 Å². The fourth-order valence-electron chi connectivity index (χ4n) is 1.29. The van der Waals surface area contributed by atoms with Gasteiger partial charge in [0.05, 0.1) is 15.0 Å². The van der Waals surface area contributed by atoms with Crippen molar-refractivity contribution in [2.75, 3.05) is 0 Å². The first-order chi connectivity index (χ1) is 7.00. The zero-order valence-corrected chi connectivity index (χ0v) is 10.1. The molecule has 0 aliphatic carbocycles. The van der Waals surface area contributed by atoms with E-state index in [2.05, 4.69) is 20.9 Å². The van der Waals surface area contributed by atoms with Gasteiger partial charge in [0.25, 0.3) is 0 Å². The van der Waals surface area contributed by atoms with E-state index in [1.807, 2.05) is 0 Å². The van der Waals surface area contributed by atoms with E-state index in [9.17, 15) is 8.78 Å². The Hall–Kier alpha value is -0.390. The zero-order chi connectivity index (χ0) is 11.2. The molecule has 0 aliphatic heterocycles. The largest absolute Gasteiger partial charge is 0.319 e. The van der Waals surface area contributed by atoms with E-state index in [0.29, 0.717) is 9.99 Å². The molecule has 2 heterocycles. The Kier molecular flexibility index (Phi) is 2.87. The molecule has 0 unspecified atom stereocenters. The molecule has 2 rings (SSSR count). The molecule has 0 fully saturated rings. The molecule has 0 aliphatic rings. The van der Waals surface area contributed by atoms with Crippen molar-refractivity contribution in [3.05, 3.63) is 26.9 Å². The first-order valence-corrected chi connectivity index (χ1v) is 5.36. The Morgan fingerprint density at radius 1 is 1.40 bits per heavy atom. The quantitative estimate of drug-likeness (QED) is 0.708. The molecule has 7 heteroatoms. The smallest absolute Gasteiger partial charge is 0.287 e. The highest BCUT2D eigenvalue weighted by Crippen LogP contribution is 2.34. The van der Waals surface area contributed by atoms with Crippen molar-refractivity contribution in [1.29, 1.82) is 0 Å². The molecule has 2 aromatic heterocycles. The van der Waals surface area contributed by atoms with Crippen molar-refractivity contribution in [1.82, 2.24) is 9.55 Å². The lowest BCUT2D eigenvalue weighted by molar-refractivity contribution is 0.0751. The van der Waals surface area contributed by atoms with Crippen molar-refractivity contribution in [3.63, 3.8) is 0 Å². The van der Waals surface area contributed by atoms with Gasteiger partial charge in [-0.2, -0.15) is 8.78 Å². The summed E-state index contributed by atoms with van der Waals surface area (Å²) in [6.45, 7) is -2.67. The molecule has 0 aromatic carbocycles. The third-order valence-corrected chi connectivity index (χ3v) is 2.92. The highest BCUT2D eigenvalue weighted by Gasteiger charge is 2.17. The van der Waals surface area contributed by atoms with Gasteiger partial charge in [-0.15, -0.1) is 0 Å². The van der Waals surface area contributed by atoms with E-state index in [1.54, 1.807) is 0 Å². The number of hydrogen-bond acceptors (Lipinski definition) is 1. The maximum Gasteiger partial charge on any atom is 0.319 e. The zero-order valence-electron chi connectivity index (χ0n) is 7.02. The Balaban J connectivity index is 2.87. The molecular weight excluding hydrogens is 313 g/mol. The maximum atomic E-state index is 12.6. The van der Waals surface area contributed by atoms with E-state index in [1.165, 1.54) is 12.3 Å². The Bertz CT molecular complexity index is 527. The van der Waals surface area contributed by atoms with Gasteiger partial charge in [0.1, 0.15) is 10.7 Å². The minimum absolute atomic E-state index is 0.149. The number of hydrogen-bond donors (Lipinski definition) is 0. The second-order valence-electron chi connectivity index (χ2n) is 2.79. The molecule has 15 heavy (non-hydrogen) atoms. The minimum atomic E-state index is -2.67. The number of aromatic nitrogens is 2. The van der Waals surface area contributed by atoms with Gasteiger partial charge in [-0.05, 0) is 22.0 Å². The second kappa shape index (κ2) is 3.88. The average molecular weight is 316 g/mol. The average Bonchev–Trinajstić information content (AvgIpc) is 2.44. The number of rotatable bonds is 1. The minimum Gasteiger partial charge on any atom is -0.287 e. The molecule has 0 atom stereocenters.